The molecule has 2 N–H and O–H groups in total. The van der Waals surface area contributed by atoms with Gasteiger partial charge in [-0.25, -0.2) is 4.39 Å². The molecule has 1 unspecified atom stereocenters. The van der Waals surface area contributed by atoms with Crippen LogP contribution in [0.3, 0.4) is 0 Å². The Bertz CT molecular complexity index is 910. The number of amides is 1. The molecule has 0 aliphatic carbocycles. The molecule has 0 radical (unpaired) electrons. The van der Waals surface area contributed by atoms with Crippen LogP contribution in [-0.4, -0.2) is 76.6 Å². The smallest absolute Gasteiger partial charge is 0.370 e. The van der Waals surface area contributed by atoms with Crippen molar-refractivity contribution in [3.63, 3.8) is 0 Å². The minimum Gasteiger partial charge on any atom is -0.370 e. The Morgan fingerprint density at radius 1 is 0.525 bits per heavy atom. The van der Waals surface area contributed by atoms with Gasteiger partial charge in [-0.2, -0.15) is 92.2 Å². The maximum atomic E-state index is 13.7. The Morgan fingerprint density at radius 3 is 1.07 bits per heavy atom. The van der Waals surface area contributed by atoms with Crippen molar-refractivity contribution in [1.29, 1.82) is 0 Å². The second-order valence-electron chi connectivity index (χ2n) is 7.50. The van der Waals surface area contributed by atoms with E-state index < -0.39 is 101 Å². The number of nitrogens with two attached hydrogens (primary N) is 1. The molecule has 0 aromatic heterocycles. The van der Waals surface area contributed by atoms with Crippen molar-refractivity contribution in [2.75, 3.05) is 5.75 Å². The average molecular weight is 669 g/mol. The van der Waals surface area contributed by atoms with Gasteiger partial charge in [0.1, 0.15) is 0 Å². The highest BCUT2D eigenvalue weighted by atomic mass is 32.2. The lowest BCUT2D eigenvalue weighted by atomic mass is 9.86. The molecule has 0 heterocycles. The number of carbonyl (C=O) groups excluding carboxylic acids is 1. The number of carbonyl (C=O) groups is 1. The summed E-state index contributed by atoms with van der Waals surface area (Å²) in [6.45, 7) is 0. The number of primary amides is 1. The third kappa shape index (κ3) is 5.54. The van der Waals surface area contributed by atoms with Crippen molar-refractivity contribution >= 4 is 17.7 Å². The lowest BCUT2D eigenvalue weighted by molar-refractivity contribution is -0.474. The molecule has 0 aromatic carbocycles. The highest BCUT2D eigenvalue weighted by molar-refractivity contribution is 7.99. The number of thioether (sulfide) groups is 1. The van der Waals surface area contributed by atoms with Crippen molar-refractivity contribution in [2.24, 2.45) is 5.73 Å². The molecule has 0 spiro atoms. The van der Waals surface area contributed by atoms with E-state index in [-0.39, 0.29) is 0 Å². The molecule has 0 aliphatic rings. The minimum atomic E-state index is -9.26. The summed E-state index contributed by atoms with van der Waals surface area (Å²) in [5.74, 6) is -80.5. The zero-order chi connectivity index (χ0) is 33.0. The molecule has 0 saturated heterocycles. The Hall–Kier alpha value is -1.72. The van der Waals surface area contributed by atoms with Gasteiger partial charge in [0.05, 0.1) is 6.42 Å². The molecule has 1 atom stereocenters. The molecule has 1 amide bonds. The zero-order valence-electron chi connectivity index (χ0n) is 17.9. The van der Waals surface area contributed by atoms with Gasteiger partial charge in [0, 0.05) is 12.2 Å². The Labute approximate surface area is 209 Å². The van der Waals surface area contributed by atoms with E-state index >= 15 is 0 Å². The van der Waals surface area contributed by atoms with E-state index in [0.29, 0.717) is 0 Å². The topological polar surface area (TPSA) is 43.1 Å². The summed E-state index contributed by atoms with van der Waals surface area (Å²) in [5, 5.41) is 0. The predicted molar refractivity (Wildman–Crippen MR) is 86.4 cm³/mol. The first-order valence-corrected chi connectivity index (χ1v) is 10.1. The maximum absolute atomic E-state index is 13.7. The van der Waals surface area contributed by atoms with Crippen LogP contribution < -0.4 is 5.73 Å². The van der Waals surface area contributed by atoms with Crippen LogP contribution in [0.15, 0.2) is 0 Å². The van der Waals surface area contributed by atoms with E-state index in [1.54, 1.807) is 0 Å². The Balaban J connectivity index is 6.74. The maximum Gasteiger partial charge on any atom is 0.460 e. The van der Waals surface area contributed by atoms with Crippen molar-refractivity contribution in [3.8, 4) is 0 Å². The van der Waals surface area contributed by atoms with E-state index in [2.05, 4.69) is 5.73 Å². The van der Waals surface area contributed by atoms with Crippen LogP contribution in [0.4, 0.5) is 96.6 Å². The van der Waals surface area contributed by atoms with E-state index in [1.807, 2.05) is 0 Å². The van der Waals surface area contributed by atoms with Crippen LogP contribution in [0.1, 0.15) is 12.8 Å². The van der Waals surface area contributed by atoms with Crippen molar-refractivity contribution < 1.29 is 101 Å². The van der Waals surface area contributed by atoms with Crippen LogP contribution in [0, 0.1) is 0 Å². The predicted octanol–water partition coefficient (Wildman–Crippen LogP) is 7.56. The summed E-state index contributed by atoms with van der Waals surface area (Å²) < 4.78 is 291. The zero-order valence-corrected chi connectivity index (χ0v) is 18.7. The van der Waals surface area contributed by atoms with Gasteiger partial charge in [0.25, 0.3) is 0 Å². The molecule has 0 bridgehead atoms. The fraction of sp³-hybridized carbons (Fsp3) is 0.933. The van der Waals surface area contributed by atoms with Gasteiger partial charge in [-0.05, 0) is 0 Å². The standard InChI is InChI=1S/C15H9F22NOS/c16-4(40-2-1-5(38)39)3-6(17,18)7(19,20)8(21,22)9(23,24)10(25,26)11(27,28)12(29,30)13(31,32)14(33,34)15(35,36)37/h4H,1-3H2,(H2,38,39). The van der Waals surface area contributed by atoms with Crippen LogP contribution >= 0.6 is 11.8 Å². The monoisotopic (exact) mass is 669 g/mol. The molecule has 40 heavy (non-hydrogen) atoms. The summed E-state index contributed by atoms with van der Waals surface area (Å²) >= 11 is -0.641. The van der Waals surface area contributed by atoms with Crippen LogP contribution in [-0.2, 0) is 4.79 Å². The van der Waals surface area contributed by atoms with Crippen molar-refractivity contribution in [2.45, 2.75) is 77.8 Å². The molecule has 25 heteroatoms. The molecule has 240 valence electrons. The van der Waals surface area contributed by atoms with Gasteiger partial charge in [-0.15, -0.1) is 11.8 Å². The molecule has 2 nitrogen and oxygen atoms in total. The van der Waals surface area contributed by atoms with Crippen LogP contribution in [0.5, 0.6) is 0 Å². The van der Waals surface area contributed by atoms with Gasteiger partial charge >= 0.3 is 59.5 Å². The second-order valence-corrected chi connectivity index (χ2v) is 8.75. The summed E-state index contributed by atoms with van der Waals surface area (Å²) in [5.41, 5.74) is 0.919. The number of halogens is 22. The molecule has 0 saturated carbocycles. The summed E-state index contributed by atoms with van der Waals surface area (Å²) in [6, 6.07) is 0. The summed E-state index contributed by atoms with van der Waals surface area (Å²) in [7, 11) is 0. The SMILES string of the molecule is NC(=O)CCSC(F)CC(F)(F)C(F)(F)C(F)(F)C(F)(F)C(F)(F)C(F)(F)C(F)(F)C(F)(F)C(F)(F)C(F)(F)F. The van der Waals surface area contributed by atoms with E-state index in [4.69, 9.17) is 0 Å². The fourth-order valence-corrected chi connectivity index (χ4v) is 3.17. The van der Waals surface area contributed by atoms with Gasteiger partial charge in [-0.1, -0.05) is 0 Å². The Kier molecular flexibility index (Phi) is 10.1. The first kappa shape index (κ1) is 38.3. The molecular formula is C15H9F22NOS. The van der Waals surface area contributed by atoms with Crippen molar-refractivity contribution in [3.05, 3.63) is 0 Å². The molecule has 0 fully saturated rings. The largest absolute Gasteiger partial charge is 0.460 e. The first-order chi connectivity index (χ1) is 17.1. The number of alkyl halides is 22. The van der Waals surface area contributed by atoms with Gasteiger partial charge in [0.2, 0.25) is 5.91 Å². The fourth-order valence-electron chi connectivity index (χ4n) is 2.27. The molecule has 0 rings (SSSR count). The quantitative estimate of drug-likeness (QED) is 0.194. The van der Waals surface area contributed by atoms with Gasteiger partial charge < -0.3 is 5.73 Å². The van der Waals surface area contributed by atoms with Crippen LogP contribution in [0.2, 0.25) is 0 Å². The Morgan fingerprint density at radius 2 is 0.800 bits per heavy atom. The van der Waals surface area contributed by atoms with Gasteiger partial charge in [-0.3, -0.25) is 4.79 Å². The molecule has 0 aliphatic heterocycles. The number of hydrogen-bond acceptors (Lipinski definition) is 2. The third-order valence-electron chi connectivity index (χ3n) is 4.64. The average Bonchev–Trinajstić information content (AvgIpc) is 2.70. The highest BCUT2D eigenvalue weighted by Crippen LogP contribution is 2.66. The number of hydrogen-bond donors (Lipinski definition) is 1. The van der Waals surface area contributed by atoms with Crippen LogP contribution in [0.25, 0.3) is 0 Å². The summed E-state index contributed by atoms with van der Waals surface area (Å²) in [4.78, 5) is 10.4. The normalized spacial score (nSPS) is 16.8. The summed E-state index contributed by atoms with van der Waals surface area (Å²) in [6.07, 6.45) is -12.4. The minimum absolute atomic E-state index is 0.641. The second kappa shape index (κ2) is 10.5. The van der Waals surface area contributed by atoms with Crippen molar-refractivity contribution in [1.82, 2.24) is 0 Å². The lowest BCUT2D eigenvalue weighted by Crippen LogP contribution is -2.76. The lowest BCUT2D eigenvalue weighted by Gasteiger charge is -2.44. The number of rotatable bonds is 14. The van der Waals surface area contributed by atoms with Gasteiger partial charge in [0.15, 0.2) is 5.50 Å². The third-order valence-corrected chi connectivity index (χ3v) is 5.61. The van der Waals surface area contributed by atoms with E-state index in [1.165, 1.54) is 0 Å². The molecular weight excluding hydrogens is 660 g/mol. The van der Waals surface area contributed by atoms with E-state index in [0.717, 1.165) is 0 Å². The highest BCUT2D eigenvalue weighted by Gasteiger charge is 2.97. The first-order valence-electron chi connectivity index (χ1n) is 9.07. The van der Waals surface area contributed by atoms with E-state index in [9.17, 15) is 101 Å². The molecule has 0 aromatic rings.